The maximum atomic E-state index is 13.8. The summed E-state index contributed by atoms with van der Waals surface area (Å²) >= 11 is 0. The molecule has 3 aliphatic rings. The summed E-state index contributed by atoms with van der Waals surface area (Å²) in [5.74, 6) is -10.4. The van der Waals surface area contributed by atoms with E-state index >= 15 is 0 Å². The lowest BCUT2D eigenvalue weighted by Crippen LogP contribution is -2.74. The number of phenols is 1. The van der Waals surface area contributed by atoms with E-state index in [1.54, 1.807) is 20.2 Å². The zero-order valence-corrected chi connectivity index (χ0v) is 20.7. The molecule has 0 heterocycles. The summed E-state index contributed by atoms with van der Waals surface area (Å²) in [6.45, 7) is 1.95. The average molecular weight is 505 g/mol. The zero-order valence-electron chi connectivity index (χ0n) is 20.7. The minimum atomic E-state index is -2.72. The van der Waals surface area contributed by atoms with Gasteiger partial charge in [-0.3, -0.25) is 28.9 Å². The number of primary amides is 1. The summed E-state index contributed by atoms with van der Waals surface area (Å²) in [6, 6.07) is 9.68. The van der Waals surface area contributed by atoms with Crippen LogP contribution in [0.2, 0.25) is 0 Å². The highest BCUT2D eigenvalue weighted by Gasteiger charge is 2.69. The molecule has 192 valence electrons. The Morgan fingerprint density at radius 1 is 1.03 bits per heavy atom. The van der Waals surface area contributed by atoms with Gasteiger partial charge in [0.15, 0.2) is 34.7 Å². The summed E-state index contributed by atoms with van der Waals surface area (Å²) in [6.07, 6.45) is 0.246. The van der Waals surface area contributed by atoms with Crippen molar-refractivity contribution in [3.8, 4) is 16.9 Å². The molecule has 6 atom stereocenters. The van der Waals surface area contributed by atoms with E-state index in [0.29, 0.717) is 5.56 Å². The van der Waals surface area contributed by atoms with Crippen molar-refractivity contribution in [2.45, 2.75) is 31.4 Å². The standard InChI is InChI=1S/C28H28N2O7/c1-12-4-6-13(7-5-12)15-8-9-18(31)20-16(15)10-14-11-17-22(30(2)3)24(33)21(27(29)36)26(35)28(17,37)25(34)19(14)23(20)32/h4-9,14,17,19,21-22,31,37H,10-11H2,1-3H3,(H2,29,36)/t14-,17-,19?,21?,22-,28-/m0/s1. The van der Waals surface area contributed by atoms with Gasteiger partial charge in [0, 0.05) is 5.92 Å². The fourth-order valence-electron chi connectivity index (χ4n) is 6.61. The Kier molecular flexibility index (Phi) is 5.69. The fraction of sp³-hybridized carbons (Fsp3) is 0.393. The van der Waals surface area contributed by atoms with Crippen molar-refractivity contribution in [2.24, 2.45) is 29.4 Å². The Morgan fingerprint density at radius 3 is 2.27 bits per heavy atom. The van der Waals surface area contributed by atoms with Crippen molar-refractivity contribution < 1.29 is 34.2 Å². The Labute approximate surface area is 213 Å². The maximum absolute atomic E-state index is 13.8. The molecule has 2 fully saturated rings. The molecule has 9 nitrogen and oxygen atoms in total. The second-order valence-electron chi connectivity index (χ2n) is 10.6. The topological polar surface area (TPSA) is 155 Å². The second kappa shape index (κ2) is 8.43. The van der Waals surface area contributed by atoms with Gasteiger partial charge in [-0.25, -0.2) is 0 Å². The molecule has 2 aromatic rings. The minimum Gasteiger partial charge on any atom is -0.507 e. The predicted molar refractivity (Wildman–Crippen MR) is 132 cm³/mol. The first-order valence-electron chi connectivity index (χ1n) is 12.2. The van der Waals surface area contributed by atoms with Crippen LogP contribution in [0.3, 0.4) is 0 Å². The van der Waals surface area contributed by atoms with Gasteiger partial charge in [0.1, 0.15) is 5.75 Å². The lowest BCUT2D eigenvalue weighted by molar-refractivity contribution is -0.181. The van der Waals surface area contributed by atoms with Gasteiger partial charge in [-0.05, 0) is 62.5 Å². The largest absolute Gasteiger partial charge is 0.507 e. The first-order valence-corrected chi connectivity index (χ1v) is 12.2. The maximum Gasteiger partial charge on any atom is 0.235 e. The molecule has 0 bridgehead atoms. The number of phenolic OH excluding ortho intramolecular Hbond substituents is 1. The summed E-state index contributed by atoms with van der Waals surface area (Å²) in [5.41, 5.74) is 5.82. The molecule has 9 heteroatoms. The van der Waals surface area contributed by atoms with Crippen LogP contribution in [0, 0.1) is 30.6 Å². The Balaban J connectivity index is 1.66. The van der Waals surface area contributed by atoms with Crippen LogP contribution >= 0.6 is 0 Å². The average Bonchev–Trinajstić information content (AvgIpc) is 2.82. The highest BCUT2D eigenvalue weighted by Crippen LogP contribution is 2.51. The van der Waals surface area contributed by atoms with E-state index in [4.69, 9.17) is 5.73 Å². The van der Waals surface area contributed by atoms with Gasteiger partial charge in [-0.1, -0.05) is 35.9 Å². The number of benzene rings is 2. The third-order valence-corrected chi connectivity index (χ3v) is 8.31. The number of rotatable bonds is 3. The number of aryl methyl sites for hydroxylation is 1. The highest BCUT2D eigenvalue weighted by atomic mass is 16.3. The molecule has 2 unspecified atom stereocenters. The number of hydrogen-bond donors (Lipinski definition) is 3. The predicted octanol–water partition coefficient (Wildman–Crippen LogP) is 0.842. The molecule has 37 heavy (non-hydrogen) atoms. The first kappa shape index (κ1) is 25.0. The number of fused-ring (bicyclic) bond motifs is 3. The van der Waals surface area contributed by atoms with Crippen molar-refractivity contribution >= 4 is 29.0 Å². The van der Waals surface area contributed by atoms with Crippen LogP contribution in [0.25, 0.3) is 11.1 Å². The zero-order chi connectivity index (χ0) is 27.0. The van der Waals surface area contributed by atoms with Gasteiger partial charge in [-0.15, -0.1) is 0 Å². The van der Waals surface area contributed by atoms with E-state index in [2.05, 4.69) is 0 Å². The molecule has 2 aromatic carbocycles. The molecule has 5 rings (SSSR count). The quantitative estimate of drug-likeness (QED) is 0.520. The smallest absolute Gasteiger partial charge is 0.235 e. The summed E-state index contributed by atoms with van der Waals surface area (Å²) < 4.78 is 0. The van der Waals surface area contributed by atoms with Gasteiger partial charge in [0.05, 0.1) is 17.5 Å². The van der Waals surface area contributed by atoms with Crippen LogP contribution in [0.4, 0.5) is 0 Å². The number of aromatic hydroxyl groups is 1. The lowest BCUT2D eigenvalue weighted by atomic mass is 9.52. The number of aliphatic hydroxyl groups is 1. The molecule has 1 amide bonds. The van der Waals surface area contributed by atoms with Crippen molar-refractivity contribution in [2.75, 3.05) is 14.1 Å². The van der Waals surface area contributed by atoms with Crippen LogP contribution in [0.15, 0.2) is 36.4 Å². The third kappa shape index (κ3) is 3.41. The van der Waals surface area contributed by atoms with Crippen LogP contribution in [0.5, 0.6) is 5.75 Å². The number of carbonyl (C=O) groups excluding carboxylic acids is 5. The number of Topliss-reactive ketones (excluding diaryl/α,β-unsaturated/α-hetero) is 4. The van der Waals surface area contributed by atoms with Crippen molar-refractivity contribution in [3.05, 3.63) is 53.1 Å². The van der Waals surface area contributed by atoms with Gasteiger partial charge in [-0.2, -0.15) is 0 Å². The van der Waals surface area contributed by atoms with Gasteiger partial charge < -0.3 is 15.9 Å². The minimum absolute atomic E-state index is 0.00956. The molecule has 0 saturated heterocycles. The van der Waals surface area contributed by atoms with E-state index in [1.165, 1.54) is 11.0 Å². The number of carbonyl (C=O) groups is 5. The van der Waals surface area contributed by atoms with Crippen molar-refractivity contribution in [1.29, 1.82) is 0 Å². The van der Waals surface area contributed by atoms with E-state index in [-0.39, 0.29) is 24.2 Å². The normalized spacial score (nSPS) is 31.1. The number of nitrogens with two attached hydrogens (primary N) is 1. The number of likely N-dealkylation sites (N-methyl/N-ethyl adjacent to an activating group) is 1. The number of nitrogens with zero attached hydrogens (tertiary/aromatic N) is 1. The Hall–Kier alpha value is -3.69. The molecular weight excluding hydrogens is 476 g/mol. The van der Waals surface area contributed by atoms with Gasteiger partial charge in [0.2, 0.25) is 5.91 Å². The second-order valence-corrected chi connectivity index (χ2v) is 10.6. The first-order chi connectivity index (χ1) is 17.4. The van der Waals surface area contributed by atoms with Crippen molar-refractivity contribution in [3.63, 3.8) is 0 Å². The molecule has 3 aliphatic carbocycles. The van der Waals surface area contributed by atoms with Crippen LogP contribution < -0.4 is 5.73 Å². The van der Waals surface area contributed by atoms with Crippen LogP contribution in [0.1, 0.15) is 27.9 Å². The monoisotopic (exact) mass is 504 g/mol. The fourth-order valence-corrected chi connectivity index (χ4v) is 6.61. The van der Waals surface area contributed by atoms with Crippen molar-refractivity contribution in [1.82, 2.24) is 4.90 Å². The SMILES string of the molecule is Cc1ccc(-c2ccc(O)c3c2C[C@H]2C[C@H]4[C@H](N(C)C)C(=O)C(C(N)=O)C(=O)[C@@]4(O)C(=O)C2C3=O)cc1. The van der Waals surface area contributed by atoms with E-state index in [9.17, 15) is 34.2 Å². The summed E-state index contributed by atoms with van der Waals surface area (Å²) in [7, 11) is 3.12. The molecule has 0 spiro atoms. The Morgan fingerprint density at radius 2 is 1.68 bits per heavy atom. The van der Waals surface area contributed by atoms with Gasteiger partial charge in [0.25, 0.3) is 0 Å². The number of amides is 1. The highest BCUT2D eigenvalue weighted by molar-refractivity contribution is 6.32. The van der Waals surface area contributed by atoms with E-state index < -0.39 is 64.4 Å². The number of ketones is 4. The molecular formula is C28H28N2O7. The molecule has 2 saturated carbocycles. The Bertz CT molecular complexity index is 1380. The third-order valence-electron chi connectivity index (χ3n) is 8.31. The van der Waals surface area contributed by atoms with Gasteiger partial charge >= 0.3 is 0 Å². The molecule has 0 radical (unpaired) electrons. The lowest BCUT2D eigenvalue weighted by Gasteiger charge is -2.52. The van der Waals surface area contributed by atoms with Crippen LogP contribution in [-0.2, 0) is 25.6 Å². The number of hydrogen-bond acceptors (Lipinski definition) is 8. The molecule has 0 aromatic heterocycles. The summed E-state index contributed by atoms with van der Waals surface area (Å²) in [4.78, 5) is 67.6. The van der Waals surface area contributed by atoms with E-state index in [0.717, 1.165) is 16.7 Å². The van der Waals surface area contributed by atoms with Crippen LogP contribution in [-0.4, -0.2) is 69.9 Å². The summed E-state index contributed by atoms with van der Waals surface area (Å²) in [5, 5.41) is 22.3. The molecule has 4 N–H and O–H groups in total. The van der Waals surface area contributed by atoms with E-state index in [1.807, 2.05) is 31.2 Å². The molecule has 0 aliphatic heterocycles.